The number of benzene rings is 1. The highest BCUT2D eigenvalue weighted by molar-refractivity contribution is 8.00. The second-order valence-corrected chi connectivity index (χ2v) is 10.3. The molecule has 1 aromatic carbocycles. The summed E-state index contributed by atoms with van der Waals surface area (Å²) in [7, 11) is 0. The van der Waals surface area contributed by atoms with Crippen molar-refractivity contribution in [2.45, 2.75) is 51.6 Å². The smallest absolute Gasteiger partial charge is 0.352 e. The number of furan rings is 1. The van der Waals surface area contributed by atoms with Gasteiger partial charge in [-0.05, 0) is 42.2 Å². The molecule has 3 heterocycles. The van der Waals surface area contributed by atoms with E-state index in [1.165, 1.54) is 24.8 Å². The zero-order valence-electron chi connectivity index (χ0n) is 20.9. The minimum atomic E-state index is -1.30. The van der Waals surface area contributed by atoms with E-state index in [4.69, 9.17) is 13.9 Å². The highest BCUT2D eigenvalue weighted by atomic mass is 32.2. The second-order valence-electron chi connectivity index (χ2n) is 9.15. The number of esters is 1. The molecule has 2 N–H and O–H groups in total. The molecule has 2 aliphatic rings. The van der Waals surface area contributed by atoms with Gasteiger partial charge in [-0.15, -0.1) is 11.8 Å². The van der Waals surface area contributed by atoms with Crippen molar-refractivity contribution < 1.29 is 38.2 Å². The molecular weight excluding hydrogens is 500 g/mol. The molecule has 37 heavy (non-hydrogen) atoms. The second kappa shape index (κ2) is 10.7. The van der Waals surface area contributed by atoms with Crippen molar-refractivity contribution in [3.63, 3.8) is 0 Å². The molecule has 2 aliphatic heterocycles. The number of rotatable bonds is 9. The van der Waals surface area contributed by atoms with Gasteiger partial charge in [-0.1, -0.05) is 26.0 Å². The van der Waals surface area contributed by atoms with Crippen molar-refractivity contribution in [1.82, 2.24) is 10.2 Å². The molecule has 1 aromatic heterocycles. The number of ether oxygens (including phenoxy) is 2. The van der Waals surface area contributed by atoms with E-state index in [-0.39, 0.29) is 36.3 Å². The molecule has 0 spiro atoms. The number of β-lactam (4-membered cyclic amide) rings is 1. The Kier molecular flexibility index (Phi) is 7.63. The largest absolute Gasteiger partial charge is 0.485 e. The van der Waals surface area contributed by atoms with E-state index in [1.807, 2.05) is 25.1 Å². The van der Waals surface area contributed by atoms with Crippen LogP contribution in [-0.4, -0.2) is 57.5 Å². The average molecular weight is 529 g/mol. The van der Waals surface area contributed by atoms with Crippen LogP contribution in [0.5, 0.6) is 5.75 Å². The van der Waals surface area contributed by atoms with E-state index in [9.17, 15) is 24.3 Å². The maximum absolute atomic E-state index is 12.8. The number of nitrogens with zero attached hydrogens (tertiary/aromatic N) is 1. The minimum Gasteiger partial charge on any atom is -0.485 e. The average Bonchev–Trinajstić information content (AvgIpc) is 3.32. The Bertz CT molecular complexity index is 1280. The Labute approximate surface area is 218 Å². The van der Waals surface area contributed by atoms with Gasteiger partial charge < -0.3 is 24.3 Å². The Balaban J connectivity index is 1.39. The summed E-state index contributed by atoms with van der Waals surface area (Å²) in [5.41, 5.74) is 2.25. The predicted octanol–water partition coefficient (Wildman–Crippen LogP) is 3.21. The number of carbonyl (C=O) groups is 4. The Morgan fingerprint density at radius 1 is 1.22 bits per heavy atom. The molecule has 10 nitrogen and oxygen atoms in total. The first kappa shape index (κ1) is 26.3. The number of carboxylic acid groups (broad SMARTS) is 1. The van der Waals surface area contributed by atoms with Gasteiger partial charge in [0.15, 0.2) is 5.76 Å². The van der Waals surface area contributed by atoms with Crippen LogP contribution in [0.25, 0.3) is 0 Å². The molecular formula is C26H28N2O8S. The van der Waals surface area contributed by atoms with E-state index in [1.54, 1.807) is 6.07 Å². The molecule has 0 saturated carbocycles. The van der Waals surface area contributed by atoms with Crippen LogP contribution in [0, 0.1) is 6.92 Å². The standard InChI is InChI=1S/C26H28N2O8S/c1-13(2)18-7-5-14(3)9-20(18)35-11-17-6-8-19(36-17)23(30)27-21-24(31)28-22(26(32)33)16(10-34-15(4)29)12-37-25(21)28/h5-9,13,21,25H,10-12H2,1-4H3,(H,27,30)(H,32,33)/t21-,25-/m0/s1. The van der Waals surface area contributed by atoms with Gasteiger partial charge in [0, 0.05) is 18.2 Å². The summed E-state index contributed by atoms with van der Waals surface area (Å²) in [5.74, 6) is -1.25. The number of hydrogen-bond donors (Lipinski definition) is 2. The zero-order valence-corrected chi connectivity index (χ0v) is 21.7. The van der Waals surface area contributed by atoms with E-state index in [0.717, 1.165) is 21.8 Å². The fourth-order valence-corrected chi connectivity index (χ4v) is 5.49. The molecule has 2 amide bonds. The number of hydrogen-bond acceptors (Lipinski definition) is 8. The number of aliphatic carboxylic acids is 1. The van der Waals surface area contributed by atoms with Crippen molar-refractivity contribution in [2.24, 2.45) is 0 Å². The lowest BCUT2D eigenvalue weighted by Gasteiger charge is -2.49. The van der Waals surface area contributed by atoms with Gasteiger partial charge in [0.25, 0.3) is 11.8 Å². The summed E-state index contributed by atoms with van der Waals surface area (Å²) >= 11 is 1.29. The van der Waals surface area contributed by atoms with Crippen molar-refractivity contribution in [3.05, 3.63) is 64.2 Å². The van der Waals surface area contributed by atoms with Gasteiger partial charge in [0.05, 0.1) is 0 Å². The van der Waals surface area contributed by atoms with Crippen LogP contribution >= 0.6 is 11.8 Å². The monoisotopic (exact) mass is 528 g/mol. The van der Waals surface area contributed by atoms with Crippen molar-refractivity contribution in [3.8, 4) is 5.75 Å². The lowest BCUT2D eigenvalue weighted by Crippen LogP contribution is -2.70. The van der Waals surface area contributed by atoms with Crippen molar-refractivity contribution in [1.29, 1.82) is 0 Å². The number of carboxylic acids is 1. The number of fused-ring (bicyclic) bond motifs is 1. The number of amides is 2. The Morgan fingerprint density at radius 2 is 1.97 bits per heavy atom. The molecule has 0 radical (unpaired) electrons. The predicted molar refractivity (Wildman–Crippen MR) is 134 cm³/mol. The van der Waals surface area contributed by atoms with Crippen LogP contribution < -0.4 is 10.1 Å². The van der Waals surface area contributed by atoms with Crippen molar-refractivity contribution in [2.75, 3.05) is 12.4 Å². The molecule has 11 heteroatoms. The zero-order chi connectivity index (χ0) is 26.9. The third kappa shape index (κ3) is 5.51. The van der Waals surface area contributed by atoms with Crippen LogP contribution in [0.2, 0.25) is 0 Å². The van der Waals surface area contributed by atoms with Crippen LogP contribution in [0.3, 0.4) is 0 Å². The highest BCUT2D eigenvalue weighted by Gasteiger charge is 2.54. The number of carbonyl (C=O) groups excluding carboxylic acids is 3. The van der Waals surface area contributed by atoms with Gasteiger partial charge in [-0.25, -0.2) is 4.79 Å². The van der Waals surface area contributed by atoms with E-state index in [2.05, 4.69) is 19.2 Å². The Hall–Kier alpha value is -3.73. The maximum atomic E-state index is 12.8. The number of thioether (sulfide) groups is 1. The van der Waals surface area contributed by atoms with Gasteiger partial charge >= 0.3 is 11.9 Å². The summed E-state index contributed by atoms with van der Waals surface area (Å²) in [6.07, 6.45) is 0. The summed E-state index contributed by atoms with van der Waals surface area (Å²) in [6, 6.07) is 8.25. The summed E-state index contributed by atoms with van der Waals surface area (Å²) in [5, 5.41) is 11.7. The fourth-order valence-electron chi connectivity index (χ4n) is 4.17. The van der Waals surface area contributed by atoms with Gasteiger partial charge in [-0.2, -0.15) is 0 Å². The van der Waals surface area contributed by atoms with Crippen molar-refractivity contribution >= 4 is 35.5 Å². The molecule has 0 bridgehead atoms. The molecule has 196 valence electrons. The first-order chi connectivity index (χ1) is 17.6. The Morgan fingerprint density at radius 3 is 2.65 bits per heavy atom. The molecule has 2 atom stereocenters. The molecule has 2 aromatic rings. The minimum absolute atomic E-state index is 0.0172. The SMILES string of the molecule is CC(=O)OCC1=C(C(=O)O)N2C(=O)[C@H](NC(=O)c3ccc(COc4cc(C)ccc4C(C)C)o3)[C@@H]2SC1. The van der Waals surface area contributed by atoms with Gasteiger partial charge in [0.2, 0.25) is 0 Å². The normalized spacial score (nSPS) is 18.8. The van der Waals surface area contributed by atoms with E-state index < -0.39 is 35.2 Å². The fraction of sp³-hybridized carbons (Fsp3) is 0.385. The quantitative estimate of drug-likeness (QED) is 0.371. The highest BCUT2D eigenvalue weighted by Crippen LogP contribution is 2.40. The van der Waals surface area contributed by atoms with E-state index in [0.29, 0.717) is 11.3 Å². The van der Waals surface area contributed by atoms with E-state index >= 15 is 0 Å². The first-order valence-corrected chi connectivity index (χ1v) is 12.8. The third-order valence-electron chi connectivity index (χ3n) is 6.03. The van der Waals surface area contributed by atoms with Crippen LogP contribution in [-0.2, 0) is 25.7 Å². The summed E-state index contributed by atoms with van der Waals surface area (Å²) < 4.78 is 16.5. The molecule has 4 rings (SSSR count). The molecule has 1 fully saturated rings. The van der Waals surface area contributed by atoms with Crippen LogP contribution in [0.1, 0.15) is 54.1 Å². The maximum Gasteiger partial charge on any atom is 0.352 e. The lowest BCUT2D eigenvalue weighted by atomic mass is 10.0. The van der Waals surface area contributed by atoms with Crippen LogP contribution in [0.4, 0.5) is 0 Å². The lowest BCUT2D eigenvalue weighted by molar-refractivity contribution is -0.149. The summed E-state index contributed by atoms with van der Waals surface area (Å²) in [6.45, 7) is 7.28. The number of nitrogens with one attached hydrogen (secondary N) is 1. The van der Waals surface area contributed by atoms with Crippen LogP contribution in [0.15, 0.2) is 46.0 Å². The number of aryl methyl sites for hydroxylation is 1. The summed E-state index contributed by atoms with van der Waals surface area (Å²) in [4.78, 5) is 49.6. The third-order valence-corrected chi connectivity index (χ3v) is 7.37. The first-order valence-electron chi connectivity index (χ1n) is 11.7. The molecule has 0 unspecified atom stereocenters. The molecule has 0 aliphatic carbocycles. The topological polar surface area (TPSA) is 135 Å². The van der Waals surface area contributed by atoms with Gasteiger partial charge in [-0.3, -0.25) is 19.3 Å². The van der Waals surface area contributed by atoms with Gasteiger partial charge in [0.1, 0.15) is 41.8 Å². The molecule has 1 saturated heterocycles.